The Bertz CT molecular complexity index is 1030. The molecule has 0 aromatic heterocycles. The van der Waals surface area contributed by atoms with Gasteiger partial charge >= 0.3 is 0 Å². The summed E-state index contributed by atoms with van der Waals surface area (Å²) in [4.78, 5) is 0. The predicted octanol–water partition coefficient (Wildman–Crippen LogP) is 4.43. The fourth-order valence-electron chi connectivity index (χ4n) is 3.34. The van der Waals surface area contributed by atoms with Gasteiger partial charge in [-0.25, -0.2) is 4.39 Å². The smallest absolute Gasteiger partial charge is 0.275 e. The Morgan fingerprint density at radius 1 is 1.00 bits per heavy atom. The molecule has 5 heteroatoms. The lowest BCUT2D eigenvalue weighted by Crippen LogP contribution is -2.31. The molecule has 0 radical (unpaired) electrons. The third-order valence-electron chi connectivity index (χ3n) is 4.69. The fourth-order valence-corrected chi connectivity index (χ4v) is 3.34. The van der Waals surface area contributed by atoms with Crippen LogP contribution in [0.1, 0.15) is 31.9 Å². The minimum atomic E-state index is -1.10. The highest BCUT2D eigenvalue weighted by Gasteiger charge is 2.39. The molecule has 0 saturated carbocycles. The Morgan fingerprint density at radius 3 is 2.19 bits per heavy atom. The second-order valence-corrected chi connectivity index (χ2v) is 7.30. The molecule has 3 N–H and O–H groups in total. The molecule has 3 aromatic rings. The van der Waals surface area contributed by atoms with Crippen molar-refractivity contribution in [2.24, 2.45) is 0 Å². The standard InChI is InChI=1S/C21H20FNO3/c1-20(2,24)16-7-12-9-18-19(10-13(12)8-17(16)23)26-21(3,25-18)14-5-4-6-15(22)11-14/h4-11,24H,23H2,1-3H3. The van der Waals surface area contributed by atoms with Crippen molar-refractivity contribution in [1.82, 2.24) is 0 Å². The summed E-state index contributed by atoms with van der Waals surface area (Å²) in [5, 5.41) is 12.1. The number of nitrogens with two attached hydrogens (primary N) is 1. The molecule has 4 rings (SSSR count). The van der Waals surface area contributed by atoms with Gasteiger partial charge in [-0.3, -0.25) is 0 Å². The number of ether oxygens (including phenoxy) is 2. The first kappa shape index (κ1) is 16.7. The molecule has 0 aliphatic carbocycles. The lowest BCUT2D eigenvalue weighted by Gasteiger charge is -2.23. The van der Waals surface area contributed by atoms with E-state index in [2.05, 4.69) is 0 Å². The van der Waals surface area contributed by atoms with E-state index in [0.29, 0.717) is 28.3 Å². The first-order valence-corrected chi connectivity index (χ1v) is 8.40. The van der Waals surface area contributed by atoms with Gasteiger partial charge in [0.1, 0.15) is 5.82 Å². The van der Waals surface area contributed by atoms with E-state index in [1.165, 1.54) is 12.1 Å². The van der Waals surface area contributed by atoms with Gasteiger partial charge in [0, 0.05) is 23.7 Å². The van der Waals surface area contributed by atoms with Gasteiger partial charge in [-0.15, -0.1) is 0 Å². The summed E-state index contributed by atoms with van der Waals surface area (Å²) in [6.45, 7) is 5.14. The summed E-state index contributed by atoms with van der Waals surface area (Å²) in [6.07, 6.45) is 0. The topological polar surface area (TPSA) is 64.7 Å². The maximum atomic E-state index is 13.6. The normalized spacial score (nSPS) is 19.1. The molecule has 134 valence electrons. The molecule has 26 heavy (non-hydrogen) atoms. The van der Waals surface area contributed by atoms with Crippen LogP contribution in [0.4, 0.5) is 10.1 Å². The van der Waals surface area contributed by atoms with Gasteiger partial charge in [0.2, 0.25) is 0 Å². The quantitative estimate of drug-likeness (QED) is 0.669. The number of halogens is 1. The van der Waals surface area contributed by atoms with Crippen molar-refractivity contribution in [2.45, 2.75) is 32.2 Å². The zero-order chi connectivity index (χ0) is 18.7. The van der Waals surface area contributed by atoms with Crippen LogP contribution in [0.5, 0.6) is 11.5 Å². The second-order valence-electron chi connectivity index (χ2n) is 7.30. The van der Waals surface area contributed by atoms with Crippen LogP contribution in [0.25, 0.3) is 10.8 Å². The first-order valence-electron chi connectivity index (χ1n) is 8.40. The van der Waals surface area contributed by atoms with Crippen molar-refractivity contribution in [3.8, 4) is 11.5 Å². The molecule has 3 aromatic carbocycles. The predicted molar refractivity (Wildman–Crippen MR) is 98.6 cm³/mol. The largest absolute Gasteiger partial charge is 0.445 e. The Morgan fingerprint density at radius 2 is 1.62 bits per heavy atom. The molecule has 1 unspecified atom stereocenters. The lowest BCUT2D eigenvalue weighted by atomic mass is 9.93. The third kappa shape index (κ3) is 2.65. The van der Waals surface area contributed by atoms with Gasteiger partial charge in [0.25, 0.3) is 5.79 Å². The SMILES string of the molecule is CC(C)(O)c1cc2cc3c(cc2cc1N)OC(C)(c1cccc(F)c1)O3. The van der Waals surface area contributed by atoms with Crippen LogP contribution < -0.4 is 15.2 Å². The van der Waals surface area contributed by atoms with Crippen LogP contribution in [-0.2, 0) is 11.4 Å². The molecule has 1 aliphatic heterocycles. The highest BCUT2D eigenvalue weighted by atomic mass is 19.1. The van der Waals surface area contributed by atoms with Crippen molar-refractivity contribution in [1.29, 1.82) is 0 Å². The fraction of sp³-hybridized carbons (Fsp3) is 0.238. The minimum Gasteiger partial charge on any atom is -0.445 e. The van der Waals surface area contributed by atoms with Crippen molar-refractivity contribution >= 4 is 16.5 Å². The van der Waals surface area contributed by atoms with E-state index in [0.717, 1.165) is 10.8 Å². The number of benzene rings is 3. The average Bonchev–Trinajstić information content (AvgIpc) is 2.87. The van der Waals surface area contributed by atoms with Gasteiger partial charge in [-0.1, -0.05) is 12.1 Å². The van der Waals surface area contributed by atoms with E-state index < -0.39 is 11.4 Å². The Balaban J connectivity index is 1.80. The number of fused-ring (bicyclic) bond motifs is 2. The van der Waals surface area contributed by atoms with E-state index in [4.69, 9.17) is 15.2 Å². The van der Waals surface area contributed by atoms with Crippen molar-refractivity contribution in [3.63, 3.8) is 0 Å². The van der Waals surface area contributed by atoms with E-state index in [1.54, 1.807) is 32.9 Å². The Hall–Kier alpha value is -2.79. The van der Waals surface area contributed by atoms with Crippen LogP contribution >= 0.6 is 0 Å². The number of hydrogen-bond donors (Lipinski definition) is 2. The zero-order valence-corrected chi connectivity index (χ0v) is 14.8. The van der Waals surface area contributed by atoms with Crippen LogP contribution in [-0.4, -0.2) is 5.11 Å². The third-order valence-corrected chi connectivity index (χ3v) is 4.69. The van der Waals surface area contributed by atoms with Gasteiger partial charge < -0.3 is 20.3 Å². The molecule has 0 saturated heterocycles. The zero-order valence-electron chi connectivity index (χ0n) is 14.8. The highest BCUT2D eigenvalue weighted by molar-refractivity contribution is 5.90. The molecule has 0 bridgehead atoms. The summed E-state index contributed by atoms with van der Waals surface area (Å²) in [7, 11) is 0. The van der Waals surface area contributed by atoms with Crippen LogP contribution in [0, 0.1) is 5.82 Å². The van der Waals surface area contributed by atoms with E-state index in [1.807, 2.05) is 24.3 Å². The number of aliphatic hydroxyl groups is 1. The van der Waals surface area contributed by atoms with E-state index in [9.17, 15) is 9.50 Å². The molecule has 0 spiro atoms. The van der Waals surface area contributed by atoms with E-state index >= 15 is 0 Å². The minimum absolute atomic E-state index is 0.348. The van der Waals surface area contributed by atoms with Crippen LogP contribution in [0.2, 0.25) is 0 Å². The molecule has 1 heterocycles. The monoisotopic (exact) mass is 353 g/mol. The van der Waals surface area contributed by atoms with Crippen molar-refractivity contribution in [2.75, 3.05) is 5.73 Å². The first-order chi connectivity index (χ1) is 12.2. The summed E-state index contributed by atoms with van der Waals surface area (Å²) in [6, 6.07) is 13.5. The summed E-state index contributed by atoms with van der Waals surface area (Å²) in [5.74, 6) is -0.318. The Kier molecular flexibility index (Phi) is 3.43. The molecule has 0 amide bonds. The average molecular weight is 353 g/mol. The lowest BCUT2D eigenvalue weighted by molar-refractivity contribution is -0.0682. The number of anilines is 1. The summed E-state index contributed by atoms with van der Waals surface area (Å²) in [5.41, 5.74) is 6.81. The van der Waals surface area contributed by atoms with Crippen molar-refractivity contribution < 1.29 is 19.0 Å². The van der Waals surface area contributed by atoms with Gasteiger partial charge in [0.05, 0.1) is 5.60 Å². The van der Waals surface area contributed by atoms with Crippen molar-refractivity contribution in [3.05, 3.63) is 65.5 Å². The highest BCUT2D eigenvalue weighted by Crippen LogP contribution is 2.46. The maximum absolute atomic E-state index is 13.6. The van der Waals surface area contributed by atoms with E-state index in [-0.39, 0.29) is 5.82 Å². The van der Waals surface area contributed by atoms with Gasteiger partial charge in [0.15, 0.2) is 11.5 Å². The maximum Gasteiger partial charge on any atom is 0.275 e. The molecular weight excluding hydrogens is 333 g/mol. The number of rotatable bonds is 2. The van der Waals surface area contributed by atoms with Gasteiger partial charge in [-0.2, -0.15) is 0 Å². The Labute approximate surface area is 151 Å². The summed E-state index contributed by atoms with van der Waals surface area (Å²) >= 11 is 0. The molecule has 0 fully saturated rings. The van der Waals surface area contributed by atoms with Gasteiger partial charge in [-0.05, 0) is 61.0 Å². The van der Waals surface area contributed by atoms with Crippen LogP contribution in [0.15, 0.2) is 48.5 Å². The molecular formula is C21H20FNO3. The number of nitrogen functional groups attached to an aromatic ring is 1. The second kappa shape index (κ2) is 5.35. The summed E-state index contributed by atoms with van der Waals surface area (Å²) < 4.78 is 25.6. The number of hydrogen-bond acceptors (Lipinski definition) is 4. The van der Waals surface area contributed by atoms with Crippen LogP contribution in [0.3, 0.4) is 0 Å². The molecule has 1 aliphatic rings. The molecule has 1 atom stereocenters. The molecule has 4 nitrogen and oxygen atoms in total.